The van der Waals surface area contributed by atoms with E-state index in [1.807, 2.05) is 6.92 Å². The first-order valence-corrected chi connectivity index (χ1v) is 7.86. The van der Waals surface area contributed by atoms with Gasteiger partial charge in [-0.15, -0.1) is 0 Å². The van der Waals surface area contributed by atoms with Crippen molar-refractivity contribution in [1.82, 2.24) is 9.88 Å². The Bertz CT molecular complexity index is 631. The monoisotopic (exact) mass is 316 g/mol. The summed E-state index contributed by atoms with van der Waals surface area (Å²) in [6.07, 6.45) is 5.78. The van der Waals surface area contributed by atoms with Crippen LogP contribution in [0.2, 0.25) is 0 Å². The highest BCUT2D eigenvalue weighted by atomic mass is 16.7. The van der Waals surface area contributed by atoms with Gasteiger partial charge < -0.3 is 15.1 Å². The molecule has 1 saturated heterocycles. The fourth-order valence-electron chi connectivity index (χ4n) is 3.04. The third kappa shape index (κ3) is 3.33. The summed E-state index contributed by atoms with van der Waals surface area (Å²) in [7, 11) is 0. The Morgan fingerprint density at radius 3 is 3.09 bits per heavy atom. The van der Waals surface area contributed by atoms with Crippen LogP contribution >= 0.6 is 0 Å². The second kappa shape index (κ2) is 6.36. The van der Waals surface area contributed by atoms with E-state index in [-0.39, 0.29) is 11.8 Å². The van der Waals surface area contributed by atoms with E-state index in [0.29, 0.717) is 30.8 Å². The van der Waals surface area contributed by atoms with E-state index in [0.717, 1.165) is 19.4 Å². The van der Waals surface area contributed by atoms with Gasteiger partial charge in [0.15, 0.2) is 5.60 Å². The zero-order valence-electron chi connectivity index (χ0n) is 13.1. The average molecular weight is 316 g/mol. The lowest BCUT2D eigenvalue weighted by molar-refractivity contribution is -0.140. The molecule has 23 heavy (non-hydrogen) atoms. The highest BCUT2D eigenvalue weighted by molar-refractivity contribution is 6.43. The molecule has 1 N–H and O–H groups in total. The van der Waals surface area contributed by atoms with E-state index in [9.17, 15) is 9.59 Å². The van der Waals surface area contributed by atoms with Gasteiger partial charge in [-0.1, -0.05) is 12.1 Å². The lowest BCUT2D eigenvalue weighted by Crippen LogP contribution is -2.50. The smallest absolute Gasteiger partial charge is 0.273 e. The Balaban J connectivity index is 1.63. The van der Waals surface area contributed by atoms with Crippen molar-refractivity contribution in [3.8, 4) is 0 Å². The number of nitrogens with zero attached hydrogens (tertiary/aromatic N) is 3. The number of pyridine rings is 1. The predicted octanol–water partition coefficient (Wildman–Crippen LogP) is 1.57. The summed E-state index contributed by atoms with van der Waals surface area (Å²) in [5, 5.41) is 6.73. The third-order valence-corrected chi connectivity index (χ3v) is 4.22. The minimum Gasteiger partial charge on any atom is -0.386 e. The van der Waals surface area contributed by atoms with Gasteiger partial charge in [0.25, 0.3) is 5.91 Å². The van der Waals surface area contributed by atoms with Crippen LogP contribution in [0, 0.1) is 0 Å². The van der Waals surface area contributed by atoms with Gasteiger partial charge in [-0.3, -0.25) is 14.6 Å². The van der Waals surface area contributed by atoms with E-state index in [2.05, 4.69) is 15.5 Å². The standard InChI is InChI=1S/C16H20N4O3/c1-2-14(21)20-8-4-6-16(11-20)9-13(19-23-16)15(22)18-12-5-3-7-17-10-12/h3,5,7,10H,2,4,6,8-9,11H2,1H3,(H,18,22)/t16-/m1/s1. The number of hydrogen-bond donors (Lipinski definition) is 1. The van der Waals surface area contributed by atoms with Crippen molar-refractivity contribution in [1.29, 1.82) is 0 Å². The maximum absolute atomic E-state index is 12.3. The molecule has 1 spiro atoms. The lowest BCUT2D eigenvalue weighted by Gasteiger charge is -2.38. The van der Waals surface area contributed by atoms with Crippen molar-refractivity contribution in [3.05, 3.63) is 24.5 Å². The van der Waals surface area contributed by atoms with Gasteiger partial charge in [-0.2, -0.15) is 0 Å². The van der Waals surface area contributed by atoms with E-state index in [1.165, 1.54) is 0 Å². The maximum Gasteiger partial charge on any atom is 0.273 e. The molecule has 0 saturated carbocycles. The van der Waals surface area contributed by atoms with Crippen molar-refractivity contribution in [2.75, 3.05) is 18.4 Å². The van der Waals surface area contributed by atoms with Crippen molar-refractivity contribution < 1.29 is 14.4 Å². The molecular weight excluding hydrogens is 296 g/mol. The van der Waals surface area contributed by atoms with Gasteiger partial charge in [-0.05, 0) is 25.0 Å². The third-order valence-electron chi connectivity index (χ3n) is 4.22. The van der Waals surface area contributed by atoms with Crippen LogP contribution in [-0.4, -0.2) is 46.1 Å². The highest BCUT2D eigenvalue weighted by Gasteiger charge is 2.45. The normalized spacial score (nSPS) is 23.3. The number of oxime groups is 1. The van der Waals surface area contributed by atoms with Crippen molar-refractivity contribution >= 4 is 23.2 Å². The molecule has 2 aliphatic rings. The summed E-state index contributed by atoms with van der Waals surface area (Å²) in [5.41, 5.74) is 0.428. The average Bonchev–Trinajstić information content (AvgIpc) is 2.98. The number of carbonyl (C=O) groups excluding carboxylic acids is 2. The molecule has 7 nitrogen and oxygen atoms in total. The molecule has 2 aliphatic heterocycles. The summed E-state index contributed by atoms with van der Waals surface area (Å²) in [6.45, 7) is 3.09. The van der Waals surface area contributed by atoms with Gasteiger partial charge in [0.1, 0.15) is 5.71 Å². The molecule has 0 bridgehead atoms. The van der Waals surface area contributed by atoms with Crippen molar-refractivity contribution in [2.45, 2.75) is 38.2 Å². The summed E-state index contributed by atoms with van der Waals surface area (Å²) in [6, 6.07) is 3.51. The Hall–Kier alpha value is -2.44. The first-order chi connectivity index (χ1) is 11.1. The molecule has 0 radical (unpaired) electrons. The Kier molecular flexibility index (Phi) is 4.27. The lowest BCUT2D eigenvalue weighted by atomic mass is 9.88. The van der Waals surface area contributed by atoms with Crippen LogP contribution in [0.15, 0.2) is 29.7 Å². The number of carbonyl (C=O) groups is 2. The van der Waals surface area contributed by atoms with Crippen LogP contribution in [0.1, 0.15) is 32.6 Å². The van der Waals surface area contributed by atoms with Crippen LogP contribution in [0.25, 0.3) is 0 Å². The number of likely N-dealkylation sites (tertiary alicyclic amines) is 1. The Morgan fingerprint density at radius 1 is 1.48 bits per heavy atom. The molecule has 0 aliphatic carbocycles. The Labute approximate surface area is 134 Å². The number of hydrogen-bond acceptors (Lipinski definition) is 5. The zero-order chi connectivity index (χ0) is 16.3. The summed E-state index contributed by atoms with van der Waals surface area (Å²) >= 11 is 0. The van der Waals surface area contributed by atoms with Gasteiger partial charge in [0.05, 0.1) is 18.4 Å². The first kappa shape index (κ1) is 15.5. The molecule has 1 aromatic rings. The minimum absolute atomic E-state index is 0.112. The molecular formula is C16H20N4O3. The van der Waals surface area contributed by atoms with Crippen LogP contribution in [0.3, 0.4) is 0 Å². The van der Waals surface area contributed by atoms with Crippen LogP contribution in [-0.2, 0) is 14.4 Å². The summed E-state index contributed by atoms with van der Waals surface area (Å²) in [4.78, 5) is 35.6. The SMILES string of the molecule is CCC(=O)N1CCC[C@@]2(CC(C(=O)Nc3cccnc3)=NO2)C1. The second-order valence-corrected chi connectivity index (χ2v) is 5.96. The van der Waals surface area contributed by atoms with Crippen LogP contribution in [0.5, 0.6) is 0 Å². The predicted molar refractivity (Wildman–Crippen MR) is 84.8 cm³/mol. The minimum atomic E-state index is -0.551. The number of piperidine rings is 1. The summed E-state index contributed by atoms with van der Waals surface area (Å²) in [5.74, 6) is -0.172. The molecule has 1 fully saturated rings. The molecule has 122 valence electrons. The van der Waals surface area contributed by atoms with Crippen LogP contribution < -0.4 is 5.32 Å². The number of aromatic nitrogens is 1. The Morgan fingerprint density at radius 2 is 2.35 bits per heavy atom. The molecule has 0 unspecified atom stereocenters. The van der Waals surface area contributed by atoms with Crippen LogP contribution in [0.4, 0.5) is 5.69 Å². The topological polar surface area (TPSA) is 83.9 Å². The van der Waals surface area contributed by atoms with Crippen molar-refractivity contribution in [3.63, 3.8) is 0 Å². The van der Waals surface area contributed by atoms with E-state index in [1.54, 1.807) is 29.4 Å². The molecule has 1 aromatic heterocycles. The zero-order valence-corrected chi connectivity index (χ0v) is 13.1. The number of rotatable bonds is 3. The first-order valence-electron chi connectivity index (χ1n) is 7.86. The number of amides is 2. The molecule has 0 aromatic carbocycles. The largest absolute Gasteiger partial charge is 0.386 e. The van der Waals surface area contributed by atoms with E-state index in [4.69, 9.17) is 4.84 Å². The fourth-order valence-corrected chi connectivity index (χ4v) is 3.04. The van der Waals surface area contributed by atoms with E-state index >= 15 is 0 Å². The number of anilines is 1. The molecule has 7 heteroatoms. The fraction of sp³-hybridized carbons (Fsp3) is 0.500. The molecule has 2 amide bonds. The molecule has 1 atom stereocenters. The summed E-state index contributed by atoms with van der Waals surface area (Å²) < 4.78 is 0. The van der Waals surface area contributed by atoms with Gasteiger partial charge >= 0.3 is 0 Å². The van der Waals surface area contributed by atoms with E-state index < -0.39 is 5.60 Å². The maximum atomic E-state index is 12.3. The second-order valence-electron chi connectivity index (χ2n) is 5.96. The van der Waals surface area contributed by atoms with Crippen molar-refractivity contribution in [2.24, 2.45) is 5.16 Å². The quantitative estimate of drug-likeness (QED) is 0.917. The molecule has 3 rings (SSSR count). The number of nitrogens with one attached hydrogen (secondary N) is 1. The molecule has 3 heterocycles. The van der Waals surface area contributed by atoms with Gasteiger partial charge in [-0.25, -0.2) is 0 Å². The highest BCUT2D eigenvalue weighted by Crippen LogP contribution is 2.33. The van der Waals surface area contributed by atoms with Gasteiger partial charge in [0.2, 0.25) is 5.91 Å². The van der Waals surface area contributed by atoms with Gasteiger partial charge in [0, 0.05) is 25.6 Å².